The van der Waals surface area contributed by atoms with Crippen LogP contribution in [0.5, 0.6) is 0 Å². The van der Waals surface area contributed by atoms with Gasteiger partial charge in [-0.15, -0.1) is 0 Å². The van der Waals surface area contributed by atoms with Crippen molar-refractivity contribution in [1.82, 2.24) is 20.0 Å². The van der Waals surface area contributed by atoms with E-state index in [1.807, 2.05) is 23.1 Å². The van der Waals surface area contributed by atoms with Crippen molar-refractivity contribution >= 4 is 0 Å². The SMILES string of the molecule is c1ccc(-n2cccn2)c(CNC2CCN(C3CC3)C2)c1. The van der Waals surface area contributed by atoms with E-state index in [1.165, 1.54) is 43.6 Å². The molecule has 1 saturated heterocycles. The minimum absolute atomic E-state index is 0.635. The second-order valence-corrected chi connectivity index (χ2v) is 6.17. The van der Waals surface area contributed by atoms with Crippen molar-refractivity contribution in [2.45, 2.75) is 37.9 Å². The zero-order valence-electron chi connectivity index (χ0n) is 12.3. The summed E-state index contributed by atoms with van der Waals surface area (Å²) in [7, 11) is 0. The van der Waals surface area contributed by atoms with Crippen LogP contribution in [0, 0.1) is 0 Å². The molecule has 2 aromatic rings. The molecule has 1 saturated carbocycles. The van der Waals surface area contributed by atoms with Crippen molar-refractivity contribution in [3.05, 3.63) is 48.3 Å². The van der Waals surface area contributed by atoms with Gasteiger partial charge in [0.2, 0.25) is 0 Å². The maximum atomic E-state index is 4.35. The molecule has 1 aromatic heterocycles. The molecule has 2 heterocycles. The Morgan fingerprint density at radius 3 is 2.86 bits per heavy atom. The Labute approximate surface area is 125 Å². The van der Waals surface area contributed by atoms with Crippen molar-refractivity contribution < 1.29 is 0 Å². The highest BCUT2D eigenvalue weighted by Gasteiger charge is 2.34. The zero-order valence-corrected chi connectivity index (χ0v) is 12.3. The molecule has 110 valence electrons. The van der Waals surface area contributed by atoms with E-state index in [9.17, 15) is 0 Å². The third-order valence-electron chi connectivity index (χ3n) is 4.61. The fraction of sp³-hybridized carbons (Fsp3) is 0.471. The van der Waals surface area contributed by atoms with E-state index < -0.39 is 0 Å². The molecule has 1 aliphatic carbocycles. The lowest BCUT2D eigenvalue weighted by Gasteiger charge is -2.17. The molecule has 4 nitrogen and oxygen atoms in total. The van der Waals surface area contributed by atoms with Gasteiger partial charge in [-0.05, 0) is 37.0 Å². The molecule has 4 rings (SSSR count). The van der Waals surface area contributed by atoms with Gasteiger partial charge in [-0.2, -0.15) is 5.10 Å². The number of benzene rings is 1. The number of rotatable bonds is 5. The average Bonchev–Trinajstić information content (AvgIpc) is 3.04. The molecule has 21 heavy (non-hydrogen) atoms. The highest BCUT2D eigenvalue weighted by molar-refractivity contribution is 5.40. The first-order valence-electron chi connectivity index (χ1n) is 7.95. The van der Waals surface area contributed by atoms with Gasteiger partial charge in [0.1, 0.15) is 0 Å². The van der Waals surface area contributed by atoms with Crippen molar-refractivity contribution in [1.29, 1.82) is 0 Å². The number of aromatic nitrogens is 2. The van der Waals surface area contributed by atoms with Crippen LogP contribution in [0.4, 0.5) is 0 Å². The van der Waals surface area contributed by atoms with Crippen molar-refractivity contribution in [3.63, 3.8) is 0 Å². The van der Waals surface area contributed by atoms with Gasteiger partial charge >= 0.3 is 0 Å². The van der Waals surface area contributed by atoms with E-state index in [2.05, 4.69) is 39.6 Å². The van der Waals surface area contributed by atoms with Gasteiger partial charge in [-0.25, -0.2) is 4.68 Å². The summed E-state index contributed by atoms with van der Waals surface area (Å²) in [6.07, 6.45) is 7.93. The molecule has 0 amide bonds. The fourth-order valence-corrected chi connectivity index (χ4v) is 3.27. The van der Waals surface area contributed by atoms with Gasteiger partial charge in [0, 0.05) is 44.1 Å². The molecule has 1 N–H and O–H groups in total. The normalized spacial score (nSPS) is 22.8. The van der Waals surface area contributed by atoms with Crippen LogP contribution in [0.2, 0.25) is 0 Å². The number of para-hydroxylation sites is 1. The van der Waals surface area contributed by atoms with E-state index in [0.29, 0.717) is 6.04 Å². The highest BCUT2D eigenvalue weighted by atomic mass is 15.3. The lowest BCUT2D eigenvalue weighted by Crippen LogP contribution is -2.33. The molecule has 0 bridgehead atoms. The molecule has 1 atom stereocenters. The maximum absolute atomic E-state index is 4.35. The first-order valence-corrected chi connectivity index (χ1v) is 7.95. The average molecular weight is 282 g/mol. The summed E-state index contributed by atoms with van der Waals surface area (Å²) in [4.78, 5) is 2.65. The van der Waals surface area contributed by atoms with E-state index in [1.54, 1.807) is 0 Å². The fourth-order valence-electron chi connectivity index (χ4n) is 3.27. The van der Waals surface area contributed by atoms with Gasteiger partial charge in [0.05, 0.1) is 5.69 Å². The van der Waals surface area contributed by atoms with Crippen LogP contribution >= 0.6 is 0 Å². The standard InChI is InChI=1S/C17H22N4/c1-2-5-17(21-10-3-9-19-21)14(4-1)12-18-15-8-11-20(13-15)16-6-7-16/h1-5,9-10,15-16,18H,6-8,11-13H2. The number of nitrogens with zero attached hydrogens (tertiary/aromatic N) is 3. The molecule has 4 heteroatoms. The lowest BCUT2D eigenvalue weighted by molar-refractivity contribution is 0.317. The Kier molecular flexibility index (Phi) is 3.49. The largest absolute Gasteiger partial charge is 0.309 e. The molecule has 1 aliphatic heterocycles. The van der Waals surface area contributed by atoms with Gasteiger partial charge in [-0.3, -0.25) is 4.90 Å². The first kappa shape index (κ1) is 13.0. The van der Waals surface area contributed by atoms with Crippen LogP contribution in [-0.4, -0.2) is 39.9 Å². The summed E-state index contributed by atoms with van der Waals surface area (Å²) in [5, 5.41) is 8.08. The number of likely N-dealkylation sites (tertiary alicyclic amines) is 1. The Bertz CT molecular complexity index is 589. The predicted molar refractivity (Wildman–Crippen MR) is 83.4 cm³/mol. The molecule has 2 aliphatic rings. The molecule has 0 spiro atoms. The summed E-state index contributed by atoms with van der Waals surface area (Å²) in [5.41, 5.74) is 2.48. The topological polar surface area (TPSA) is 33.1 Å². The monoisotopic (exact) mass is 282 g/mol. The van der Waals surface area contributed by atoms with E-state index in [4.69, 9.17) is 0 Å². The summed E-state index contributed by atoms with van der Waals surface area (Å²) >= 11 is 0. The highest BCUT2D eigenvalue weighted by Crippen LogP contribution is 2.29. The van der Waals surface area contributed by atoms with Crippen LogP contribution in [0.15, 0.2) is 42.7 Å². The minimum Gasteiger partial charge on any atom is -0.309 e. The molecule has 0 radical (unpaired) electrons. The lowest BCUT2D eigenvalue weighted by atomic mass is 10.1. The smallest absolute Gasteiger partial charge is 0.0690 e. The van der Waals surface area contributed by atoms with Crippen LogP contribution in [-0.2, 0) is 6.54 Å². The molecule has 2 fully saturated rings. The van der Waals surface area contributed by atoms with Crippen LogP contribution in [0.1, 0.15) is 24.8 Å². The Morgan fingerprint density at radius 2 is 2.05 bits per heavy atom. The number of hydrogen-bond donors (Lipinski definition) is 1. The van der Waals surface area contributed by atoms with Gasteiger partial charge in [0.15, 0.2) is 0 Å². The Morgan fingerprint density at radius 1 is 1.14 bits per heavy atom. The minimum atomic E-state index is 0.635. The second kappa shape index (κ2) is 5.62. The van der Waals surface area contributed by atoms with Crippen molar-refractivity contribution in [2.75, 3.05) is 13.1 Å². The third-order valence-corrected chi connectivity index (χ3v) is 4.61. The van der Waals surface area contributed by atoms with Crippen LogP contribution in [0.3, 0.4) is 0 Å². The second-order valence-electron chi connectivity index (χ2n) is 6.17. The van der Waals surface area contributed by atoms with Crippen LogP contribution < -0.4 is 5.32 Å². The van der Waals surface area contributed by atoms with E-state index in [0.717, 1.165) is 12.6 Å². The number of nitrogens with one attached hydrogen (secondary N) is 1. The summed E-state index contributed by atoms with van der Waals surface area (Å²) in [6.45, 7) is 3.40. The van der Waals surface area contributed by atoms with Crippen LogP contribution in [0.25, 0.3) is 5.69 Å². The van der Waals surface area contributed by atoms with Gasteiger partial charge in [0.25, 0.3) is 0 Å². The van der Waals surface area contributed by atoms with Crippen molar-refractivity contribution in [3.8, 4) is 5.69 Å². The zero-order chi connectivity index (χ0) is 14.1. The summed E-state index contributed by atoms with van der Waals surface area (Å²) in [5.74, 6) is 0. The maximum Gasteiger partial charge on any atom is 0.0690 e. The first-order chi connectivity index (χ1) is 10.4. The molecular formula is C17H22N4. The molecule has 1 aromatic carbocycles. The molecular weight excluding hydrogens is 260 g/mol. The van der Waals surface area contributed by atoms with E-state index >= 15 is 0 Å². The van der Waals surface area contributed by atoms with Gasteiger partial charge in [-0.1, -0.05) is 18.2 Å². The number of hydrogen-bond acceptors (Lipinski definition) is 3. The van der Waals surface area contributed by atoms with Crippen molar-refractivity contribution in [2.24, 2.45) is 0 Å². The Balaban J connectivity index is 1.41. The molecule has 1 unspecified atom stereocenters. The third kappa shape index (κ3) is 2.87. The quantitative estimate of drug-likeness (QED) is 0.912. The summed E-state index contributed by atoms with van der Waals surface area (Å²) < 4.78 is 1.95. The van der Waals surface area contributed by atoms with Gasteiger partial charge < -0.3 is 5.32 Å². The Hall–Kier alpha value is -1.65. The van der Waals surface area contributed by atoms with E-state index in [-0.39, 0.29) is 0 Å². The predicted octanol–water partition coefficient (Wildman–Crippen LogP) is 2.20. The summed E-state index contributed by atoms with van der Waals surface area (Å²) in [6, 6.07) is 12.0.